The number of esters is 1. The first kappa shape index (κ1) is 29.6. The van der Waals surface area contributed by atoms with Crippen molar-refractivity contribution in [2.45, 2.75) is 64.6 Å². The minimum atomic E-state index is -3.61. The van der Waals surface area contributed by atoms with Crippen molar-refractivity contribution in [3.8, 4) is 0 Å². The fourth-order valence-corrected chi connectivity index (χ4v) is 6.15. The molecule has 38 heavy (non-hydrogen) atoms. The second-order valence-corrected chi connectivity index (χ2v) is 12.6. The third kappa shape index (κ3) is 6.91. The molecule has 2 aromatic carbocycles. The molecule has 0 saturated carbocycles. The molecule has 0 radical (unpaired) electrons. The lowest BCUT2D eigenvalue weighted by atomic mass is 9.70. The third-order valence-electron chi connectivity index (χ3n) is 7.45. The number of ether oxygens (including phenoxy) is 2. The van der Waals surface area contributed by atoms with E-state index in [0.29, 0.717) is 17.2 Å². The smallest absolute Gasteiger partial charge is 0.338 e. The SMILES string of the molecule is COC(=O)[C@](C)(C/C=C1/C(C)=CC[C@H](C(C)C)[C@H]1/C=C(\C)S(=O)(=O)c1ccccc1)OCc1ccccc1. The lowest BCUT2D eigenvalue weighted by molar-refractivity contribution is -0.168. The predicted octanol–water partition coefficient (Wildman–Crippen LogP) is 7.07. The predicted molar refractivity (Wildman–Crippen MR) is 152 cm³/mol. The van der Waals surface area contributed by atoms with Crippen LogP contribution in [0.1, 0.15) is 53.0 Å². The van der Waals surface area contributed by atoms with Gasteiger partial charge in [-0.05, 0) is 62.3 Å². The van der Waals surface area contributed by atoms with E-state index in [2.05, 4.69) is 19.9 Å². The maximum Gasteiger partial charge on any atom is 0.338 e. The Kier molecular flexibility index (Phi) is 9.91. The van der Waals surface area contributed by atoms with Gasteiger partial charge in [0, 0.05) is 17.2 Å². The van der Waals surface area contributed by atoms with E-state index in [0.717, 1.165) is 23.1 Å². The molecule has 0 aromatic heterocycles. The van der Waals surface area contributed by atoms with E-state index < -0.39 is 21.4 Å². The molecule has 1 aliphatic rings. The van der Waals surface area contributed by atoms with Crippen molar-refractivity contribution >= 4 is 15.8 Å². The summed E-state index contributed by atoms with van der Waals surface area (Å²) < 4.78 is 38.0. The Morgan fingerprint density at radius 2 is 1.68 bits per heavy atom. The largest absolute Gasteiger partial charge is 0.467 e. The summed E-state index contributed by atoms with van der Waals surface area (Å²) in [6.45, 7) is 10.1. The van der Waals surface area contributed by atoms with Crippen LogP contribution in [0.5, 0.6) is 0 Å². The minimum Gasteiger partial charge on any atom is -0.467 e. The number of hydrogen-bond donors (Lipinski definition) is 0. The monoisotopic (exact) mass is 536 g/mol. The highest BCUT2D eigenvalue weighted by atomic mass is 32.2. The van der Waals surface area contributed by atoms with Crippen LogP contribution in [0.15, 0.2) is 99.8 Å². The first-order valence-corrected chi connectivity index (χ1v) is 14.6. The molecule has 0 N–H and O–H groups in total. The maximum absolute atomic E-state index is 13.4. The van der Waals surface area contributed by atoms with Crippen molar-refractivity contribution in [2.24, 2.45) is 17.8 Å². The summed E-state index contributed by atoms with van der Waals surface area (Å²) >= 11 is 0. The van der Waals surface area contributed by atoms with Gasteiger partial charge in [-0.1, -0.05) is 86.2 Å². The Labute approximate surface area is 228 Å². The van der Waals surface area contributed by atoms with Gasteiger partial charge in [0.2, 0.25) is 9.84 Å². The van der Waals surface area contributed by atoms with Crippen LogP contribution >= 0.6 is 0 Å². The van der Waals surface area contributed by atoms with Gasteiger partial charge in [0.1, 0.15) is 0 Å². The highest BCUT2D eigenvalue weighted by Crippen LogP contribution is 2.41. The van der Waals surface area contributed by atoms with Crippen LogP contribution in [0, 0.1) is 17.8 Å². The van der Waals surface area contributed by atoms with Crippen LogP contribution in [-0.2, 0) is 30.7 Å². The van der Waals surface area contributed by atoms with Crippen LogP contribution in [0.4, 0.5) is 0 Å². The number of hydrogen-bond acceptors (Lipinski definition) is 5. The zero-order valence-corrected chi connectivity index (χ0v) is 24.1. The van der Waals surface area contributed by atoms with Crippen LogP contribution in [-0.4, -0.2) is 27.1 Å². The van der Waals surface area contributed by atoms with Crippen LogP contribution in [0.25, 0.3) is 0 Å². The van der Waals surface area contributed by atoms with E-state index >= 15 is 0 Å². The van der Waals surface area contributed by atoms with Gasteiger partial charge in [-0.15, -0.1) is 0 Å². The summed E-state index contributed by atoms with van der Waals surface area (Å²) in [5.74, 6) is -0.00869. The van der Waals surface area contributed by atoms with E-state index in [1.807, 2.05) is 49.4 Å². The highest BCUT2D eigenvalue weighted by molar-refractivity contribution is 7.95. The molecule has 0 spiro atoms. The molecule has 0 unspecified atom stereocenters. The van der Waals surface area contributed by atoms with Gasteiger partial charge in [-0.25, -0.2) is 13.2 Å². The molecule has 0 aliphatic heterocycles. The summed E-state index contributed by atoms with van der Waals surface area (Å²) in [6.07, 6.45) is 7.30. The molecule has 2 aromatic rings. The second kappa shape index (κ2) is 12.7. The quantitative estimate of drug-likeness (QED) is 0.304. The number of carbonyl (C=O) groups is 1. The van der Waals surface area contributed by atoms with Crippen molar-refractivity contribution in [3.63, 3.8) is 0 Å². The van der Waals surface area contributed by atoms with E-state index in [1.54, 1.807) is 44.2 Å². The molecular weight excluding hydrogens is 496 g/mol. The van der Waals surface area contributed by atoms with Crippen molar-refractivity contribution < 1.29 is 22.7 Å². The van der Waals surface area contributed by atoms with Crippen molar-refractivity contribution in [2.75, 3.05) is 7.11 Å². The molecule has 5 nitrogen and oxygen atoms in total. The molecule has 3 rings (SSSR count). The summed E-state index contributed by atoms with van der Waals surface area (Å²) in [5, 5.41) is 0. The van der Waals surface area contributed by atoms with Gasteiger partial charge in [-0.2, -0.15) is 0 Å². The number of methoxy groups -OCH3 is 1. The number of benzene rings is 2. The third-order valence-corrected chi connectivity index (χ3v) is 9.33. The summed E-state index contributed by atoms with van der Waals surface area (Å²) in [7, 11) is -2.25. The fourth-order valence-electron chi connectivity index (χ4n) is 4.93. The first-order chi connectivity index (χ1) is 18.0. The number of allylic oxidation sites excluding steroid dienone is 5. The molecule has 0 heterocycles. The van der Waals surface area contributed by atoms with Crippen molar-refractivity contribution in [1.29, 1.82) is 0 Å². The van der Waals surface area contributed by atoms with Gasteiger partial charge in [-0.3, -0.25) is 0 Å². The van der Waals surface area contributed by atoms with Crippen molar-refractivity contribution in [1.82, 2.24) is 0 Å². The van der Waals surface area contributed by atoms with E-state index in [-0.39, 0.29) is 23.3 Å². The molecule has 0 amide bonds. The Bertz CT molecular complexity index is 1290. The molecule has 0 fully saturated rings. The molecule has 204 valence electrons. The zero-order chi connectivity index (χ0) is 27.9. The summed E-state index contributed by atoms with van der Waals surface area (Å²) in [5.41, 5.74) is 1.88. The van der Waals surface area contributed by atoms with Crippen molar-refractivity contribution in [3.05, 3.63) is 101 Å². The number of carbonyl (C=O) groups excluding carboxylic acids is 1. The topological polar surface area (TPSA) is 69.7 Å². The van der Waals surface area contributed by atoms with Crippen LogP contribution in [0.3, 0.4) is 0 Å². The second-order valence-electron chi connectivity index (χ2n) is 10.5. The van der Waals surface area contributed by atoms with Gasteiger partial charge >= 0.3 is 5.97 Å². The average molecular weight is 537 g/mol. The van der Waals surface area contributed by atoms with Gasteiger partial charge < -0.3 is 9.47 Å². The number of rotatable bonds is 10. The van der Waals surface area contributed by atoms with Gasteiger partial charge in [0.15, 0.2) is 5.60 Å². The zero-order valence-electron chi connectivity index (χ0n) is 23.3. The average Bonchev–Trinajstić information content (AvgIpc) is 2.92. The van der Waals surface area contributed by atoms with Gasteiger partial charge in [0.25, 0.3) is 0 Å². The molecular formula is C32H40O5S. The standard InChI is InChI=1S/C32H40O5S/c1-23(2)28-18-17-24(3)29(30(28)21-25(4)38(34,35)27-15-11-8-12-16-27)19-20-32(5,31(33)36-6)37-22-26-13-9-7-10-14-26/h7-17,19,21,23,28,30H,18,20,22H2,1-6H3/b25-21+,29-19-/t28-,30-,32+/m1/s1. The fraction of sp³-hybridized carbons (Fsp3) is 0.406. The molecule has 1 aliphatic carbocycles. The Morgan fingerprint density at radius 3 is 2.26 bits per heavy atom. The normalized spacial score (nSPS) is 21.2. The van der Waals surface area contributed by atoms with E-state index in [9.17, 15) is 13.2 Å². The van der Waals surface area contributed by atoms with E-state index in [4.69, 9.17) is 9.47 Å². The van der Waals surface area contributed by atoms with Gasteiger partial charge in [0.05, 0.1) is 18.6 Å². The highest BCUT2D eigenvalue weighted by Gasteiger charge is 2.37. The first-order valence-electron chi connectivity index (χ1n) is 13.1. The lowest BCUT2D eigenvalue weighted by Gasteiger charge is -2.35. The molecule has 0 bridgehead atoms. The van der Waals surface area contributed by atoms with E-state index in [1.165, 1.54) is 7.11 Å². The Balaban J connectivity index is 1.99. The number of sulfone groups is 1. The summed E-state index contributed by atoms with van der Waals surface area (Å²) in [4.78, 5) is 13.5. The Hall–Kier alpha value is -2.96. The maximum atomic E-state index is 13.4. The molecule has 3 atom stereocenters. The molecule has 6 heteroatoms. The minimum absolute atomic E-state index is 0.116. The summed E-state index contributed by atoms with van der Waals surface area (Å²) in [6, 6.07) is 18.2. The van der Waals surface area contributed by atoms with Crippen LogP contribution < -0.4 is 0 Å². The Morgan fingerprint density at radius 1 is 1.08 bits per heavy atom. The van der Waals surface area contributed by atoms with Crippen LogP contribution in [0.2, 0.25) is 0 Å². The lowest BCUT2D eigenvalue weighted by Crippen LogP contribution is -2.39. The molecule has 0 saturated heterocycles.